The van der Waals surface area contributed by atoms with E-state index in [9.17, 15) is 25.2 Å². The van der Waals surface area contributed by atoms with Gasteiger partial charge in [0.05, 0.1) is 0 Å². The van der Waals surface area contributed by atoms with Crippen LogP contribution in [0.2, 0.25) is 0 Å². The molecule has 4 saturated carbocycles. The molecule has 0 saturated heterocycles. The summed E-state index contributed by atoms with van der Waals surface area (Å²) in [5.41, 5.74) is -0.457. The highest BCUT2D eigenvalue weighted by Gasteiger charge is 2.69. The van der Waals surface area contributed by atoms with Crippen LogP contribution in [-0.2, 0) is 4.79 Å². The molecule has 0 aliphatic heterocycles. The number of hydrogen-bond donors (Lipinski definition) is 4. The van der Waals surface area contributed by atoms with Crippen molar-refractivity contribution in [1.29, 1.82) is 0 Å². The largest absolute Gasteiger partial charge is 0.481 e. The molecule has 4 aliphatic rings. The van der Waals surface area contributed by atoms with Gasteiger partial charge in [-0.2, -0.15) is 0 Å². The normalized spacial score (nSPS) is 48.4. The first-order chi connectivity index (χ1) is 15.0. The topological polar surface area (TPSA) is 98.0 Å². The Hall–Kier alpha value is -0.650. The molecule has 0 aromatic carbocycles. The fraction of sp³-hybridized carbons (Fsp3) is 0.963. The van der Waals surface area contributed by atoms with Crippen molar-refractivity contribution in [3.8, 4) is 0 Å². The molecule has 1 unspecified atom stereocenters. The first-order valence-corrected chi connectivity index (χ1v) is 13.3. The summed E-state index contributed by atoms with van der Waals surface area (Å²) in [6.07, 6.45) is 9.12. The third-order valence-corrected chi connectivity index (χ3v) is 11.4. The van der Waals surface area contributed by atoms with E-state index in [1.807, 2.05) is 0 Å². The summed E-state index contributed by atoms with van der Waals surface area (Å²) >= 11 is 0. The molecule has 4 rings (SSSR count). The van der Waals surface area contributed by atoms with Crippen LogP contribution in [0.4, 0.5) is 0 Å². The first kappa shape index (κ1) is 24.5. The van der Waals surface area contributed by atoms with E-state index >= 15 is 0 Å². The Kier molecular flexibility index (Phi) is 6.53. The second kappa shape index (κ2) is 8.53. The standard InChI is InChI=1S/C27H46O5/c1-5-6-17-15-18-21-9-8-19(16(2)7-12-24(29)30)25(21,3)14-13-22(18)26(4)20(17)10-11-23(28)27(26,31)32/h16-23,28,31-32H,5-15H2,1-4H3,(H,29,30)/t16-,17+,18+,19-,20+,21+,22+,23?,25-,26+/m1/s1. The smallest absolute Gasteiger partial charge is 0.303 e. The Morgan fingerprint density at radius 1 is 1.03 bits per heavy atom. The SMILES string of the molecule is CCC[C@H]1C[C@H]2[C@@H]3CC[C@H]([C@H](C)CCC(=O)O)[C@@]3(C)CC[C@@H]2[C@]2(C)[C@H]1CCC(O)C2(O)O. The van der Waals surface area contributed by atoms with Crippen molar-refractivity contribution in [2.24, 2.45) is 52.3 Å². The van der Waals surface area contributed by atoms with E-state index in [2.05, 4.69) is 27.7 Å². The molecule has 0 radical (unpaired) electrons. The lowest BCUT2D eigenvalue weighted by Crippen LogP contribution is -2.69. The van der Waals surface area contributed by atoms with Crippen molar-refractivity contribution in [3.63, 3.8) is 0 Å². The maximum absolute atomic E-state index is 11.3. The van der Waals surface area contributed by atoms with Gasteiger partial charge in [0.25, 0.3) is 0 Å². The Morgan fingerprint density at radius 3 is 2.38 bits per heavy atom. The number of fused-ring (bicyclic) bond motifs is 5. The van der Waals surface area contributed by atoms with Crippen molar-refractivity contribution in [1.82, 2.24) is 0 Å². The average molecular weight is 451 g/mol. The summed E-state index contributed by atoms with van der Waals surface area (Å²) in [4.78, 5) is 11.2. The van der Waals surface area contributed by atoms with Crippen LogP contribution in [0.15, 0.2) is 0 Å². The Morgan fingerprint density at radius 2 is 1.72 bits per heavy atom. The Labute approximate surface area is 194 Å². The van der Waals surface area contributed by atoms with E-state index in [1.54, 1.807) is 0 Å². The fourth-order valence-electron chi connectivity index (χ4n) is 9.84. The molecule has 0 aromatic rings. The minimum atomic E-state index is -2.02. The number of carbonyl (C=O) groups is 1. The highest BCUT2D eigenvalue weighted by atomic mass is 16.5. The zero-order valence-electron chi connectivity index (χ0n) is 20.6. The van der Waals surface area contributed by atoms with Crippen LogP contribution >= 0.6 is 0 Å². The molecule has 184 valence electrons. The molecule has 0 heterocycles. The van der Waals surface area contributed by atoms with Gasteiger partial charge in [-0.3, -0.25) is 4.79 Å². The van der Waals surface area contributed by atoms with Crippen LogP contribution in [0.3, 0.4) is 0 Å². The van der Waals surface area contributed by atoms with E-state index in [0.717, 1.165) is 44.9 Å². The molecule has 10 atom stereocenters. The minimum absolute atomic E-state index is 0.208. The lowest BCUT2D eigenvalue weighted by Gasteiger charge is -2.66. The van der Waals surface area contributed by atoms with Gasteiger partial charge in [-0.15, -0.1) is 0 Å². The van der Waals surface area contributed by atoms with Crippen molar-refractivity contribution < 1.29 is 25.2 Å². The van der Waals surface area contributed by atoms with Crippen LogP contribution in [0.5, 0.6) is 0 Å². The molecular formula is C27H46O5. The van der Waals surface area contributed by atoms with Gasteiger partial charge in [-0.05, 0) is 98.2 Å². The molecule has 32 heavy (non-hydrogen) atoms. The summed E-state index contributed by atoms with van der Waals surface area (Å²) in [7, 11) is 0. The van der Waals surface area contributed by atoms with E-state index in [0.29, 0.717) is 36.0 Å². The molecular weight excluding hydrogens is 404 g/mol. The van der Waals surface area contributed by atoms with Gasteiger partial charge in [0.15, 0.2) is 5.79 Å². The first-order valence-electron chi connectivity index (χ1n) is 13.3. The lowest BCUT2D eigenvalue weighted by molar-refractivity contribution is -0.356. The molecule has 4 fully saturated rings. The molecule has 5 nitrogen and oxygen atoms in total. The van der Waals surface area contributed by atoms with Gasteiger partial charge in [-0.1, -0.05) is 40.5 Å². The molecule has 0 amide bonds. The summed E-state index contributed by atoms with van der Waals surface area (Å²) in [6, 6.07) is 0. The van der Waals surface area contributed by atoms with E-state index in [1.165, 1.54) is 12.8 Å². The summed E-state index contributed by atoms with van der Waals surface area (Å²) in [6.45, 7) is 9.01. The second-order valence-electron chi connectivity index (χ2n) is 12.5. The van der Waals surface area contributed by atoms with Crippen LogP contribution in [0.1, 0.15) is 98.3 Å². The van der Waals surface area contributed by atoms with E-state index < -0.39 is 23.3 Å². The van der Waals surface area contributed by atoms with Crippen LogP contribution < -0.4 is 0 Å². The third kappa shape index (κ3) is 3.48. The van der Waals surface area contributed by atoms with Crippen molar-refractivity contribution in [2.45, 2.75) is 110 Å². The number of carboxylic acid groups (broad SMARTS) is 1. The van der Waals surface area contributed by atoms with Gasteiger partial charge >= 0.3 is 5.97 Å². The summed E-state index contributed by atoms with van der Waals surface area (Å²) < 4.78 is 0. The zero-order valence-corrected chi connectivity index (χ0v) is 20.6. The molecule has 0 bridgehead atoms. The number of aliphatic hydroxyl groups excluding tert-OH is 1. The third-order valence-electron chi connectivity index (χ3n) is 11.4. The Bertz CT molecular complexity index is 706. The second-order valence-corrected chi connectivity index (χ2v) is 12.5. The number of hydrogen-bond acceptors (Lipinski definition) is 4. The minimum Gasteiger partial charge on any atom is -0.481 e. The predicted molar refractivity (Wildman–Crippen MR) is 124 cm³/mol. The lowest BCUT2D eigenvalue weighted by atomic mass is 9.40. The number of aliphatic carboxylic acids is 1. The van der Waals surface area contributed by atoms with Crippen molar-refractivity contribution in [3.05, 3.63) is 0 Å². The Balaban J connectivity index is 1.65. The van der Waals surface area contributed by atoms with Crippen molar-refractivity contribution >= 4 is 5.97 Å². The van der Waals surface area contributed by atoms with Gasteiger partial charge in [0, 0.05) is 11.8 Å². The number of rotatable bonds is 6. The highest BCUT2D eigenvalue weighted by Crippen LogP contribution is 2.70. The monoisotopic (exact) mass is 450 g/mol. The molecule has 0 spiro atoms. The predicted octanol–water partition coefficient (Wildman–Crippen LogP) is 4.82. The maximum Gasteiger partial charge on any atom is 0.303 e. The zero-order chi connectivity index (χ0) is 23.5. The summed E-state index contributed by atoms with van der Waals surface area (Å²) in [5.74, 6) is 0.240. The molecule has 4 aliphatic carbocycles. The highest BCUT2D eigenvalue weighted by molar-refractivity contribution is 5.66. The quantitative estimate of drug-likeness (QED) is 0.435. The van der Waals surface area contributed by atoms with Crippen molar-refractivity contribution in [2.75, 3.05) is 0 Å². The van der Waals surface area contributed by atoms with Crippen LogP contribution in [-0.4, -0.2) is 38.3 Å². The van der Waals surface area contributed by atoms with Gasteiger partial charge in [-0.25, -0.2) is 0 Å². The van der Waals surface area contributed by atoms with Crippen LogP contribution in [0.25, 0.3) is 0 Å². The van der Waals surface area contributed by atoms with Crippen LogP contribution in [0, 0.1) is 52.3 Å². The summed E-state index contributed by atoms with van der Waals surface area (Å²) in [5, 5.41) is 42.5. The molecule has 0 aromatic heterocycles. The van der Waals surface area contributed by atoms with Gasteiger partial charge in [0.1, 0.15) is 6.10 Å². The maximum atomic E-state index is 11.3. The number of carboxylic acids is 1. The fourth-order valence-corrected chi connectivity index (χ4v) is 9.84. The number of aliphatic hydroxyl groups is 3. The van der Waals surface area contributed by atoms with E-state index in [4.69, 9.17) is 0 Å². The molecule has 5 heteroatoms. The average Bonchev–Trinajstić information content (AvgIpc) is 3.08. The van der Waals surface area contributed by atoms with Gasteiger partial charge < -0.3 is 20.4 Å². The molecule has 4 N–H and O–H groups in total. The van der Waals surface area contributed by atoms with E-state index in [-0.39, 0.29) is 23.7 Å². The van der Waals surface area contributed by atoms with Gasteiger partial charge in [0.2, 0.25) is 0 Å².